The molecule has 14 heteroatoms. The highest BCUT2D eigenvalue weighted by Gasteiger charge is 2.59. The molecule has 0 spiro atoms. The second kappa shape index (κ2) is 17.0. The van der Waals surface area contributed by atoms with Crippen molar-refractivity contribution in [2.24, 2.45) is 0 Å². The molecule has 292 valence electrons. The zero-order valence-corrected chi connectivity index (χ0v) is 33.8. The Morgan fingerprint density at radius 1 is 0.926 bits per heavy atom. The van der Waals surface area contributed by atoms with Gasteiger partial charge in [0, 0.05) is 18.2 Å². The average molecular weight is 781 g/mol. The second-order valence-electron chi connectivity index (χ2n) is 15.4. The van der Waals surface area contributed by atoms with Gasteiger partial charge in [0.2, 0.25) is 0 Å². The van der Waals surface area contributed by atoms with E-state index in [1.807, 2.05) is 67.6 Å². The Kier molecular flexibility index (Phi) is 13.0. The Hall–Kier alpha value is -3.73. The van der Waals surface area contributed by atoms with E-state index >= 15 is 0 Å². The van der Waals surface area contributed by atoms with Gasteiger partial charge in [-0.25, -0.2) is 4.79 Å². The number of rotatable bonds is 16. The van der Waals surface area contributed by atoms with Crippen molar-refractivity contribution in [3.05, 3.63) is 134 Å². The van der Waals surface area contributed by atoms with E-state index in [1.165, 1.54) is 25.3 Å². The first-order valence-electron chi connectivity index (χ1n) is 18.0. The Balaban J connectivity index is 1.61. The number of nitrogens with one attached hydrogen (secondary N) is 1. The predicted octanol–water partition coefficient (Wildman–Crippen LogP) is 5.77. The SMILES string of the molecule is Cc1ccc(S(=O)(=O)O[C@H](CO[Si](C)(C)C(C)(C)C)C[C@]2(OCc3ccccc3)[C@H](O)[C@H](n3cc(C)c(=O)[nH]c3=O)O[C@@H]2COCc2ccccc2)cc1. The molecule has 12 nitrogen and oxygen atoms in total. The summed E-state index contributed by atoms with van der Waals surface area (Å²) in [4.78, 5) is 27.8. The Bertz CT molecular complexity index is 2070. The lowest BCUT2D eigenvalue weighted by Crippen LogP contribution is -2.55. The van der Waals surface area contributed by atoms with Gasteiger partial charge >= 0.3 is 5.69 Å². The number of nitrogens with zero attached hydrogens (tertiary/aromatic N) is 1. The van der Waals surface area contributed by atoms with Gasteiger partial charge in [-0.2, -0.15) is 8.42 Å². The van der Waals surface area contributed by atoms with E-state index < -0.39 is 59.8 Å². The largest absolute Gasteiger partial charge is 0.414 e. The van der Waals surface area contributed by atoms with E-state index in [0.717, 1.165) is 21.3 Å². The molecule has 1 aliphatic rings. The summed E-state index contributed by atoms with van der Waals surface area (Å²) in [7, 11) is -6.83. The number of ether oxygens (including phenoxy) is 3. The van der Waals surface area contributed by atoms with Crippen LogP contribution in [-0.4, -0.2) is 68.5 Å². The first kappa shape index (κ1) is 41.4. The van der Waals surface area contributed by atoms with Crippen molar-refractivity contribution in [2.45, 2.75) is 107 Å². The van der Waals surface area contributed by atoms with Gasteiger partial charge in [-0.1, -0.05) is 99.1 Å². The van der Waals surface area contributed by atoms with Gasteiger partial charge in [-0.3, -0.25) is 18.5 Å². The lowest BCUT2D eigenvalue weighted by Gasteiger charge is -2.40. The predicted molar refractivity (Wildman–Crippen MR) is 207 cm³/mol. The third-order valence-corrected chi connectivity index (χ3v) is 16.2. The molecule has 0 unspecified atom stereocenters. The number of hydrogen-bond donors (Lipinski definition) is 2. The van der Waals surface area contributed by atoms with E-state index in [4.69, 9.17) is 22.8 Å². The summed E-state index contributed by atoms with van der Waals surface area (Å²) < 4.78 is 61.0. The number of benzene rings is 3. The molecule has 0 saturated carbocycles. The fourth-order valence-corrected chi connectivity index (χ4v) is 8.13. The minimum Gasteiger partial charge on any atom is -0.414 e. The molecule has 0 radical (unpaired) electrons. The molecule has 1 saturated heterocycles. The van der Waals surface area contributed by atoms with Crippen LogP contribution in [0.5, 0.6) is 0 Å². The average Bonchev–Trinajstić information content (AvgIpc) is 3.38. The molecule has 5 rings (SSSR count). The minimum atomic E-state index is -4.35. The molecule has 2 N–H and O–H groups in total. The number of aliphatic hydroxyl groups excluding tert-OH is 1. The van der Waals surface area contributed by atoms with Gasteiger partial charge in [-0.15, -0.1) is 0 Å². The van der Waals surface area contributed by atoms with Crippen molar-refractivity contribution in [3.8, 4) is 0 Å². The van der Waals surface area contributed by atoms with Gasteiger partial charge in [0.05, 0.1) is 31.3 Å². The molecule has 54 heavy (non-hydrogen) atoms. The molecule has 0 aliphatic carbocycles. The summed E-state index contributed by atoms with van der Waals surface area (Å²) in [5.41, 5.74) is -0.337. The summed E-state index contributed by atoms with van der Waals surface area (Å²) in [5.74, 6) is 0. The molecule has 1 fully saturated rings. The van der Waals surface area contributed by atoms with E-state index in [0.29, 0.717) is 0 Å². The van der Waals surface area contributed by atoms with Crippen molar-refractivity contribution in [1.29, 1.82) is 0 Å². The topological polar surface area (TPSA) is 155 Å². The lowest BCUT2D eigenvalue weighted by molar-refractivity contribution is -0.167. The molecular formula is C40H52N2O10SSi. The van der Waals surface area contributed by atoms with Crippen molar-refractivity contribution in [2.75, 3.05) is 13.2 Å². The van der Waals surface area contributed by atoms with Gasteiger partial charge in [0.1, 0.15) is 23.9 Å². The highest BCUT2D eigenvalue weighted by Crippen LogP contribution is 2.45. The van der Waals surface area contributed by atoms with Gasteiger partial charge < -0.3 is 23.7 Å². The summed E-state index contributed by atoms with van der Waals surface area (Å²) in [6.07, 6.45) is -4.12. The monoisotopic (exact) mass is 780 g/mol. The first-order valence-corrected chi connectivity index (χ1v) is 22.3. The van der Waals surface area contributed by atoms with Crippen LogP contribution in [0.1, 0.15) is 55.7 Å². The third kappa shape index (κ3) is 9.73. The highest BCUT2D eigenvalue weighted by atomic mass is 32.2. The second-order valence-corrected chi connectivity index (χ2v) is 21.8. The van der Waals surface area contributed by atoms with Gasteiger partial charge in [0.25, 0.3) is 15.7 Å². The molecule has 0 amide bonds. The van der Waals surface area contributed by atoms with Crippen LogP contribution in [0, 0.1) is 13.8 Å². The van der Waals surface area contributed by atoms with E-state index in [9.17, 15) is 23.1 Å². The molecule has 4 aromatic rings. The zero-order valence-electron chi connectivity index (χ0n) is 32.0. The smallest absolute Gasteiger partial charge is 0.330 e. The number of aryl methyl sites for hydroxylation is 2. The summed E-state index contributed by atoms with van der Waals surface area (Å²) in [6.45, 7) is 13.6. The van der Waals surface area contributed by atoms with Crippen LogP contribution in [0.15, 0.2) is 106 Å². The molecule has 1 aromatic heterocycles. The van der Waals surface area contributed by atoms with Crippen LogP contribution in [-0.2, 0) is 46.2 Å². The Labute approximate surface area is 318 Å². The fraction of sp³-hybridized carbons (Fsp3) is 0.450. The van der Waals surface area contributed by atoms with Crippen LogP contribution >= 0.6 is 0 Å². The van der Waals surface area contributed by atoms with Crippen molar-refractivity contribution in [3.63, 3.8) is 0 Å². The van der Waals surface area contributed by atoms with Crippen molar-refractivity contribution >= 4 is 18.4 Å². The number of aromatic amines is 1. The molecule has 1 aliphatic heterocycles. The van der Waals surface area contributed by atoms with Crippen LogP contribution in [0.2, 0.25) is 18.1 Å². The maximum Gasteiger partial charge on any atom is 0.330 e. The maximum absolute atomic E-state index is 13.9. The molecule has 3 aromatic carbocycles. The first-order chi connectivity index (χ1) is 25.4. The quantitative estimate of drug-likeness (QED) is 0.106. The van der Waals surface area contributed by atoms with E-state index in [2.05, 4.69) is 38.8 Å². The van der Waals surface area contributed by atoms with Gasteiger partial charge in [-0.05, 0) is 55.2 Å². The maximum atomic E-state index is 13.9. The van der Waals surface area contributed by atoms with Crippen LogP contribution < -0.4 is 11.2 Å². The zero-order chi connectivity index (χ0) is 39.3. The number of hydrogen-bond acceptors (Lipinski definition) is 10. The number of aromatic nitrogens is 2. The third-order valence-electron chi connectivity index (χ3n) is 10.3. The summed E-state index contributed by atoms with van der Waals surface area (Å²) in [6, 6.07) is 25.1. The fourth-order valence-electron chi connectivity index (χ4n) is 6.04. The summed E-state index contributed by atoms with van der Waals surface area (Å²) in [5, 5.41) is 12.2. The number of H-pyrrole nitrogens is 1. The van der Waals surface area contributed by atoms with E-state index in [1.54, 1.807) is 12.1 Å². The molecule has 5 atom stereocenters. The van der Waals surface area contributed by atoms with Crippen molar-refractivity contribution < 1.29 is 36.3 Å². The highest BCUT2D eigenvalue weighted by molar-refractivity contribution is 7.86. The molecule has 0 bridgehead atoms. The normalized spacial score (nSPS) is 21.3. The minimum absolute atomic E-state index is 0.0107. The Morgan fingerprint density at radius 3 is 2.11 bits per heavy atom. The standard InChI is InChI=1S/C40H52N2O10SSi/c1-28-18-20-33(21-19-28)53(46,47)52-32(26-50-54(6,7)39(3,4)5)22-40(49-25-31-16-12-9-13-17-31)34(27-48-24-30-14-10-8-11-15-30)51-37(35(40)43)42-23-29(2)36(44)41-38(42)45/h8-21,23,32,34-35,37,43H,22,24-27H2,1-7H3,(H,41,44,45)/t32-,34+,35+,37+,40+/m0/s1. The lowest BCUT2D eigenvalue weighted by atomic mass is 9.85. The number of aliphatic hydroxyl groups is 1. The van der Waals surface area contributed by atoms with Crippen LogP contribution in [0.3, 0.4) is 0 Å². The molecular weight excluding hydrogens is 729 g/mol. The van der Waals surface area contributed by atoms with Gasteiger partial charge in [0.15, 0.2) is 14.5 Å². The molecule has 2 heterocycles. The summed E-state index contributed by atoms with van der Waals surface area (Å²) >= 11 is 0. The van der Waals surface area contributed by atoms with E-state index in [-0.39, 0.29) is 48.3 Å². The van der Waals surface area contributed by atoms with Crippen LogP contribution in [0.25, 0.3) is 0 Å². The Morgan fingerprint density at radius 2 is 1.52 bits per heavy atom. The van der Waals surface area contributed by atoms with Crippen molar-refractivity contribution in [1.82, 2.24) is 9.55 Å². The van der Waals surface area contributed by atoms with Crippen LogP contribution in [0.4, 0.5) is 0 Å².